The summed E-state index contributed by atoms with van der Waals surface area (Å²) in [6, 6.07) is 10.5. The van der Waals surface area contributed by atoms with Crippen LogP contribution < -0.4 is 0 Å². The number of esters is 1. The molecule has 0 bridgehead atoms. The lowest BCUT2D eigenvalue weighted by Gasteiger charge is -2.34. The Bertz CT molecular complexity index is 1050. The molecular formula is C19H18Cl2N2O5S. The van der Waals surface area contributed by atoms with Crippen molar-refractivity contribution in [2.45, 2.75) is 4.90 Å². The highest BCUT2D eigenvalue weighted by atomic mass is 35.5. The van der Waals surface area contributed by atoms with E-state index in [-0.39, 0.29) is 52.6 Å². The minimum atomic E-state index is -3.83. The summed E-state index contributed by atoms with van der Waals surface area (Å²) < 4.78 is 31.7. The summed E-state index contributed by atoms with van der Waals surface area (Å²) in [6.07, 6.45) is 0. The molecule has 0 aliphatic carbocycles. The molecule has 2 aromatic rings. The third-order valence-corrected chi connectivity index (χ3v) is 7.18. The van der Waals surface area contributed by atoms with Gasteiger partial charge in [0.2, 0.25) is 10.0 Å². The van der Waals surface area contributed by atoms with E-state index in [2.05, 4.69) is 4.74 Å². The smallest absolute Gasteiger partial charge is 0.337 e. The Labute approximate surface area is 178 Å². The number of methoxy groups -OCH3 is 1. The maximum atomic E-state index is 12.9. The van der Waals surface area contributed by atoms with E-state index in [1.807, 2.05) is 0 Å². The summed E-state index contributed by atoms with van der Waals surface area (Å²) in [7, 11) is -2.57. The number of benzene rings is 2. The zero-order chi connectivity index (χ0) is 21.2. The standard InChI is InChI=1S/C19H18Cl2N2O5S/c1-28-19(25)14-4-2-3-13(11-14)18(24)22-7-9-23(10-8-22)29(26,27)17-12-15(20)5-6-16(17)21/h2-6,11-12H,7-10H2,1H3. The Morgan fingerprint density at radius 1 is 0.966 bits per heavy atom. The Morgan fingerprint density at radius 2 is 1.62 bits per heavy atom. The summed E-state index contributed by atoms with van der Waals surface area (Å²) >= 11 is 12.0. The highest BCUT2D eigenvalue weighted by Gasteiger charge is 2.32. The molecule has 2 aromatic carbocycles. The quantitative estimate of drug-likeness (QED) is 0.660. The van der Waals surface area contributed by atoms with Crippen LogP contribution in [0.5, 0.6) is 0 Å². The largest absolute Gasteiger partial charge is 0.465 e. The highest BCUT2D eigenvalue weighted by molar-refractivity contribution is 7.89. The Morgan fingerprint density at radius 3 is 2.28 bits per heavy atom. The minimum absolute atomic E-state index is 0.0581. The fourth-order valence-corrected chi connectivity index (χ4v) is 5.18. The van der Waals surface area contributed by atoms with Gasteiger partial charge in [-0.3, -0.25) is 4.79 Å². The molecule has 1 amide bonds. The number of piperazine rings is 1. The zero-order valence-corrected chi connectivity index (χ0v) is 17.8. The third-order valence-electron chi connectivity index (χ3n) is 4.57. The monoisotopic (exact) mass is 456 g/mol. The van der Waals surface area contributed by atoms with E-state index >= 15 is 0 Å². The number of halogens is 2. The number of sulfonamides is 1. The molecule has 0 saturated carbocycles. The van der Waals surface area contributed by atoms with Gasteiger partial charge < -0.3 is 9.64 Å². The summed E-state index contributed by atoms with van der Waals surface area (Å²) in [6.45, 7) is 0.651. The summed E-state index contributed by atoms with van der Waals surface area (Å²) in [5, 5.41) is 0.361. The van der Waals surface area contributed by atoms with Crippen LogP contribution in [0.4, 0.5) is 0 Å². The van der Waals surface area contributed by atoms with Crippen molar-refractivity contribution in [1.82, 2.24) is 9.21 Å². The number of amides is 1. The first-order valence-corrected chi connectivity index (χ1v) is 10.9. The van der Waals surface area contributed by atoms with Gasteiger partial charge in [0.25, 0.3) is 5.91 Å². The lowest BCUT2D eigenvalue weighted by atomic mass is 10.1. The molecule has 0 radical (unpaired) electrons. The van der Waals surface area contributed by atoms with Crippen molar-refractivity contribution in [3.63, 3.8) is 0 Å². The first-order chi connectivity index (χ1) is 13.7. The van der Waals surface area contributed by atoms with Crippen LogP contribution in [-0.4, -0.2) is 62.8 Å². The molecule has 0 spiro atoms. The lowest BCUT2D eigenvalue weighted by Crippen LogP contribution is -2.50. The molecule has 1 fully saturated rings. The number of carbonyl (C=O) groups excluding carboxylic acids is 2. The SMILES string of the molecule is COC(=O)c1cccc(C(=O)N2CCN(S(=O)(=O)c3cc(Cl)ccc3Cl)CC2)c1. The lowest BCUT2D eigenvalue weighted by molar-refractivity contribution is 0.0600. The molecule has 1 aliphatic rings. The van der Waals surface area contributed by atoms with Gasteiger partial charge in [-0.2, -0.15) is 4.31 Å². The molecule has 0 aromatic heterocycles. The van der Waals surface area contributed by atoms with Crippen molar-refractivity contribution in [2.24, 2.45) is 0 Å². The van der Waals surface area contributed by atoms with Crippen LogP contribution in [0, 0.1) is 0 Å². The molecule has 154 valence electrons. The number of nitrogens with zero attached hydrogens (tertiary/aromatic N) is 2. The predicted molar refractivity (Wildman–Crippen MR) is 109 cm³/mol. The Balaban J connectivity index is 1.73. The summed E-state index contributed by atoms with van der Waals surface area (Å²) in [5.41, 5.74) is 0.609. The van der Waals surface area contributed by atoms with Gasteiger partial charge in [-0.05, 0) is 36.4 Å². The Kier molecular flexibility index (Phi) is 6.48. The van der Waals surface area contributed by atoms with Gasteiger partial charge in [-0.1, -0.05) is 29.3 Å². The van der Waals surface area contributed by atoms with E-state index < -0.39 is 16.0 Å². The van der Waals surface area contributed by atoms with Gasteiger partial charge in [-0.25, -0.2) is 13.2 Å². The molecule has 1 aliphatic heterocycles. The van der Waals surface area contributed by atoms with Crippen LogP contribution in [0.15, 0.2) is 47.4 Å². The van der Waals surface area contributed by atoms with Crippen LogP contribution in [-0.2, 0) is 14.8 Å². The molecule has 1 heterocycles. The zero-order valence-electron chi connectivity index (χ0n) is 15.5. The van der Waals surface area contributed by atoms with Gasteiger partial charge in [0, 0.05) is 36.8 Å². The second-order valence-corrected chi connectivity index (χ2v) is 9.09. The van der Waals surface area contributed by atoms with Crippen molar-refractivity contribution >= 4 is 45.1 Å². The first-order valence-electron chi connectivity index (χ1n) is 8.67. The molecule has 0 N–H and O–H groups in total. The van der Waals surface area contributed by atoms with Crippen molar-refractivity contribution < 1.29 is 22.7 Å². The van der Waals surface area contributed by atoms with Gasteiger partial charge in [-0.15, -0.1) is 0 Å². The topological polar surface area (TPSA) is 84.0 Å². The van der Waals surface area contributed by atoms with Crippen molar-refractivity contribution in [2.75, 3.05) is 33.3 Å². The molecule has 0 atom stereocenters. The number of ether oxygens (including phenoxy) is 1. The second kappa shape index (κ2) is 8.71. The van der Waals surface area contributed by atoms with Gasteiger partial charge >= 0.3 is 5.97 Å². The van der Waals surface area contributed by atoms with E-state index in [9.17, 15) is 18.0 Å². The van der Waals surface area contributed by atoms with Crippen molar-refractivity contribution in [1.29, 1.82) is 0 Å². The molecule has 1 saturated heterocycles. The number of carbonyl (C=O) groups is 2. The molecule has 29 heavy (non-hydrogen) atoms. The molecule has 0 unspecified atom stereocenters. The van der Waals surface area contributed by atoms with Gasteiger partial charge in [0.15, 0.2) is 0 Å². The van der Waals surface area contributed by atoms with Crippen LogP contribution in [0.1, 0.15) is 20.7 Å². The average molecular weight is 457 g/mol. The van der Waals surface area contributed by atoms with Crippen molar-refractivity contribution in [3.05, 3.63) is 63.6 Å². The van der Waals surface area contributed by atoms with E-state index in [1.54, 1.807) is 23.1 Å². The predicted octanol–water partition coefficient (Wildman–Crippen LogP) is 2.93. The molecule has 3 rings (SSSR count). The maximum Gasteiger partial charge on any atom is 0.337 e. The van der Waals surface area contributed by atoms with E-state index in [4.69, 9.17) is 23.2 Å². The van der Waals surface area contributed by atoms with Crippen molar-refractivity contribution in [3.8, 4) is 0 Å². The van der Waals surface area contributed by atoms with Crippen LogP contribution in [0.2, 0.25) is 10.0 Å². The number of rotatable bonds is 4. The van der Waals surface area contributed by atoms with E-state index in [0.29, 0.717) is 5.56 Å². The van der Waals surface area contributed by atoms with Crippen LogP contribution in [0.3, 0.4) is 0 Å². The van der Waals surface area contributed by atoms with Crippen LogP contribution in [0.25, 0.3) is 0 Å². The van der Waals surface area contributed by atoms with Gasteiger partial charge in [0.1, 0.15) is 4.90 Å². The summed E-state index contributed by atoms with van der Waals surface area (Å²) in [4.78, 5) is 25.9. The maximum absolute atomic E-state index is 12.9. The van der Waals surface area contributed by atoms with Gasteiger partial charge in [0.05, 0.1) is 17.7 Å². The molecule has 7 nitrogen and oxygen atoms in total. The fourth-order valence-electron chi connectivity index (χ4n) is 3.03. The minimum Gasteiger partial charge on any atom is -0.465 e. The molecular weight excluding hydrogens is 439 g/mol. The number of hydrogen-bond donors (Lipinski definition) is 0. The van der Waals surface area contributed by atoms with E-state index in [0.717, 1.165) is 0 Å². The highest BCUT2D eigenvalue weighted by Crippen LogP contribution is 2.28. The fraction of sp³-hybridized carbons (Fsp3) is 0.263. The third kappa shape index (κ3) is 4.56. The second-order valence-electron chi connectivity index (χ2n) is 6.34. The first kappa shape index (κ1) is 21.6. The molecule has 10 heteroatoms. The van der Waals surface area contributed by atoms with Crippen LogP contribution >= 0.6 is 23.2 Å². The summed E-state index contributed by atoms with van der Waals surface area (Å²) in [5.74, 6) is -0.817. The number of hydrogen-bond acceptors (Lipinski definition) is 5. The normalized spacial score (nSPS) is 15.2. The van der Waals surface area contributed by atoms with E-state index in [1.165, 1.54) is 35.7 Å². The Hall–Kier alpha value is -2.13. The average Bonchev–Trinajstić information content (AvgIpc) is 2.74.